The van der Waals surface area contributed by atoms with Crippen LogP contribution in [0.15, 0.2) is 45.3 Å². The molecular formula is C14H9F3N2O2S. The van der Waals surface area contributed by atoms with Gasteiger partial charge in [-0.05, 0) is 29.1 Å². The molecule has 0 amide bonds. The number of aromatic nitrogens is 2. The molecule has 2 heterocycles. The number of nitrogens with one attached hydrogen (secondary N) is 1. The maximum Gasteiger partial charge on any atom is 0.416 e. The zero-order valence-corrected chi connectivity index (χ0v) is 11.8. The third-order valence-corrected chi connectivity index (χ3v) is 4.12. The third kappa shape index (κ3) is 2.57. The fourth-order valence-corrected chi connectivity index (χ4v) is 2.89. The average molecular weight is 326 g/mol. The highest BCUT2D eigenvalue weighted by Crippen LogP contribution is 2.29. The molecular weight excluding hydrogens is 317 g/mol. The van der Waals surface area contributed by atoms with E-state index in [4.69, 9.17) is 0 Å². The fourth-order valence-electron chi connectivity index (χ4n) is 2.10. The SMILES string of the molecule is O=c1[nH]c2ccsc2c(=O)n1Cc1ccc(C(F)(F)F)cc1. The van der Waals surface area contributed by atoms with E-state index in [2.05, 4.69) is 4.98 Å². The molecule has 0 aliphatic rings. The molecule has 0 fully saturated rings. The quantitative estimate of drug-likeness (QED) is 0.787. The summed E-state index contributed by atoms with van der Waals surface area (Å²) in [6.45, 7) is -0.0832. The van der Waals surface area contributed by atoms with Gasteiger partial charge in [-0.3, -0.25) is 9.36 Å². The number of fused-ring (bicyclic) bond motifs is 1. The van der Waals surface area contributed by atoms with Gasteiger partial charge in [-0.1, -0.05) is 12.1 Å². The van der Waals surface area contributed by atoms with Crippen LogP contribution in [0.3, 0.4) is 0 Å². The van der Waals surface area contributed by atoms with Crippen molar-refractivity contribution < 1.29 is 13.2 Å². The molecule has 8 heteroatoms. The van der Waals surface area contributed by atoms with Crippen LogP contribution >= 0.6 is 11.3 Å². The first-order valence-corrected chi connectivity index (χ1v) is 7.11. The van der Waals surface area contributed by atoms with Gasteiger partial charge in [0.15, 0.2) is 0 Å². The van der Waals surface area contributed by atoms with Crippen molar-refractivity contribution in [3.63, 3.8) is 0 Å². The van der Waals surface area contributed by atoms with E-state index in [0.29, 0.717) is 15.8 Å². The Morgan fingerprint density at radius 1 is 1.09 bits per heavy atom. The van der Waals surface area contributed by atoms with E-state index in [1.54, 1.807) is 11.4 Å². The Bertz CT molecular complexity index is 936. The largest absolute Gasteiger partial charge is 0.416 e. The molecule has 0 aliphatic heterocycles. The van der Waals surface area contributed by atoms with Gasteiger partial charge in [0.1, 0.15) is 4.70 Å². The van der Waals surface area contributed by atoms with Gasteiger partial charge in [-0.15, -0.1) is 11.3 Å². The van der Waals surface area contributed by atoms with Crippen LogP contribution in [-0.4, -0.2) is 9.55 Å². The number of aromatic amines is 1. The lowest BCUT2D eigenvalue weighted by Gasteiger charge is -2.08. The summed E-state index contributed by atoms with van der Waals surface area (Å²) in [4.78, 5) is 26.7. The van der Waals surface area contributed by atoms with Crippen LogP contribution in [0.2, 0.25) is 0 Å². The Hall–Kier alpha value is -2.35. The molecule has 0 saturated carbocycles. The molecule has 4 nitrogen and oxygen atoms in total. The second-order valence-corrected chi connectivity index (χ2v) is 5.60. The van der Waals surface area contributed by atoms with Crippen molar-refractivity contribution in [1.82, 2.24) is 9.55 Å². The van der Waals surface area contributed by atoms with Crippen LogP contribution in [0.1, 0.15) is 11.1 Å². The highest BCUT2D eigenvalue weighted by atomic mass is 32.1. The van der Waals surface area contributed by atoms with Crippen LogP contribution < -0.4 is 11.2 Å². The number of halogens is 3. The van der Waals surface area contributed by atoms with Gasteiger partial charge in [0.2, 0.25) is 0 Å². The fraction of sp³-hybridized carbons (Fsp3) is 0.143. The van der Waals surface area contributed by atoms with Crippen molar-refractivity contribution in [2.45, 2.75) is 12.7 Å². The van der Waals surface area contributed by atoms with Gasteiger partial charge in [-0.25, -0.2) is 4.79 Å². The molecule has 0 aliphatic carbocycles. The van der Waals surface area contributed by atoms with E-state index >= 15 is 0 Å². The number of thiophene rings is 1. The predicted molar refractivity (Wildman–Crippen MR) is 77.3 cm³/mol. The summed E-state index contributed by atoms with van der Waals surface area (Å²) in [5.74, 6) is 0. The Morgan fingerprint density at radius 3 is 2.41 bits per heavy atom. The lowest BCUT2D eigenvalue weighted by Crippen LogP contribution is -2.34. The van der Waals surface area contributed by atoms with Crippen molar-refractivity contribution in [1.29, 1.82) is 0 Å². The van der Waals surface area contributed by atoms with Gasteiger partial charge in [0.05, 0.1) is 17.6 Å². The minimum Gasteiger partial charge on any atom is -0.306 e. The number of nitrogens with zero attached hydrogens (tertiary/aromatic N) is 1. The maximum absolute atomic E-state index is 12.5. The molecule has 2 aromatic heterocycles. The molecule has 0 bridgehead atoms. The van der Waals surface area contributed by atoms with Crippen LogP contribution in [-0.2, 0) is 12.7 Å². The summed E-state index contributed by atoms with van der Waals surface area (Å²) in [6, 6.07) is 6.00. The topological polar surface area (TPSA) is 54.9 Å². The summed E-state index contributed by atoms with van der Waals surface area (Å²) < 4.78 is 38.9. The first-order chi connectivity index (χ1) is 10.4. The molecule has 3 rings (SSSR count). The predicted octanol–water partition coefficient (Wildman–Crippen LogP) is 2.82. The van der Waals surface area contributed by atoms with E-state index in [9.17, 15) is 22.8 Å². The normalized spacial score (nSPS) is 12.0. The zero-order chi connectivity index (χ0) is 15.9. The first kappa shape index (κ1) is 14.6. The van der Waals surface area contributed by atoms with E-state index < -0.39 is 23.0 Å². The molecule has 1 aromatic carbocycles. The lowest BCUT2D eigenvalue weighted by atomic mass is 10.1. The second-order valence-electron chi connectivity index (χ2n) is 4.68. The zero-order valence-electron chi connectivity index (χ0n) is 11.0. The van der Waals surface area contributed by atoms with Gasteiger partial charge in [-0.2, -0.15) is 13.2 Å². The Morgan fingerprint density at radius 2 is 1.77 bits per heavy atom. The van der Waals surface area contributed by atoms with Crippen molar-refractivity contribution in [2.24, 2.45) is 0 Å². The minimum atomic E-state index is -4.41. The Kier molecular flexibility index (Phi) is 3.40. The van der Waals surface area contributed by atoms with E-state index in [1.807, 2.05) is 0 Å². The van der Waals surface area contributed by atoms with Gasteiger partial charge >= 0.3 is 11.9 Å². The Labute approximate surface area is 125 Å². The molecule has 114 valence electrons. The van der Waals surface area contributed by atoms with Crippen molar-refractivity contribution >= 4 is 21.6 Å². The van der Waals surface area contributed by atoms with Gasteiger partial charge in [0, 0.05) is 0 Å². The highest BCUT2D eigenvalue weighted by molar-refractivity contribution is 7.17. The van der Waals surface area contributed by atoms with Crippen molar-refractivity contribution in [3.8, 4) is 0 Å². The number of H-pyrrole nitrogens is 1. The Balaban J connectivity index is 2.00. The first-order valence-electron chi connectivity index (χ1n) is 6.23. The summed E-state index contributed by atoms with van der Waals surface area (Å²) in [7, 11) is 0. The summed E-state index contributed by atoms with van der Waals surface area (Å²) >= 11 is 1.20. The number of benzene rings is 1. The van der Waals surface area contributed by atoms with E-state index in [1.165, 1.54) is 23.5 Å². The monoisotopic (exact) mass is 326 g/mol. The number of hydrogen-bond donors (Lipinski definition) is 1. The summed E-state index contributed by atoms with van der Waals surface area (Å²) in [5, 5.41) is 1.68. The average Bonchev–Trinajstić information content (AvgIpc) is 2.91. The summed E-state index contributed by atoms with van der Waals surface area (Å²) in [6.07, 6.45) is -4.41. The lowest BCUT2D eigenvalue weighted by molar-refractivity contribution is -0.137. The molecule has 0 atom stereocenters. The van der Waals surface area contributed by atoms with Crippen LogP contribution in [0.4, 0.5) is 13.2 Å². The standard InChI is InChI=1S/C14H9F3N2O2S/c15-14(16,17)9-3-1-8(2-4-9)7-19-12(20)11-10(5-6-22-11)18-13(19)21/h1-6H,7H2,(H,18,21). The van der Waals surface area contributed by atoms with Crippen LogP contribution in [0.5, 0.6) is 0 Å². The number of rotatable bonds is 2. The molecule has 22 heavy (non-hydrogen) atoms. The highest BCUT2D eigenvalue weighted by Gasteiger charge is 2.29. The molecule has 0 spiro atoms. The third-order valence-electron chi connectivity index (χ3n) is 3.21. The molecule has 3 aromatic rings. The van der Waals surface area contributed by atoms with Gasteiger partial charge < -0.3 is 4.98 Å². The number of hydrogen-bond acceptors (Lipinski definition) is 3. The van der Waals surface area contributed by atoms with Crippen LogP contribution in [0.25, 0.3) is 10.2 Å². The van der Waals surface area contributed by atoms with Crippen molar-refractivity contribution in [3.05, 3.63) is 67.7 Å². The van der Waals surface area contributed by atoms with Gasteiger partial charge in [0.25, 0.3) is 5.56 Å². The smallest absolute Gasteiger partial charge is 0.306 e. The minimum absolute atomic E-state index is 0.0832. The molecule has 0 saturated heterocycles. The maximum atomic E-state index is 12.5. The number of alkyl halides is 3. The summed E-state index contributed by atoms with van der Waals surface area (Å²) in [5.41, 5.74) is -0.907. The molecule has 1 N–H and O–H groups in total. The van der Waals surface area contributed by atoms with Crippen LogP contribution in [0, 0.1) is 0 Å². The van der Waals surface area contributed by atoms with E-state index in [-0.39, 0.29) is 6.54 Å². The molecule has 0 radical (unpaired) electrons. The molecule has 0 unspecified atom stereocenters. The van der Waals surface area contributed by atoms with E-state index in [0.717, 1.165) is 16.7 Å². The van der Waals surface area contributed by atoms with Crippen molar-refractivity contribution in [2.75, 3.05) is 0 Å². The second kappa shape index (κ2) is 5.13.